The van der Waals surface area contributed by atoms with Gasteiger partial charge in [0.1, 0.15) is 5.82 Å². The van der Waals surface area contributed by atoms with Crippen molar-refractivity contribution in [3.8, 4) is 0 Å². The van der Waals surface area contributed by atoms with Crippen LogP contribution in [0.3, 0.4) is 0 Å². The van der Waals surface area contributed by atoms with Crippen LogP contribution in [0.15, 0.2) is 6.20 Å². The summed E-state index contributed by atoms with van der Waals surface area (Å²) in [6.45, 7) is 5.17. The van der Waals surface area contributed by atoms with Crippen molar-refractivity contribution >= 4 is 17.7 Å². The Balaban J connectivity index is 3.00. The van der Waals surface area contributed by atoms with E-state index in [1.165, 1.54) is 0 Å². The molecule has 0 aliphatic rings. The van der Waals surface area contributed by atoms with Gasteiger partial charge in [0, 0.05) is 39.4 Å². The molecule has 6 heteroatoms. The molecule has 0 fully saturated rings. The van der Waals surface area contributed by atoms with Crippen LogP contribution in [-0.4, -0.2) is 55.0 Å². The normalized spacial score (nSPS) is 10.2. The van der Waals surface area contributed by atoms with E-state index in [0.29, 0.717) is 12.5 Å². The monoisotopic (exact) mass is 265 g/mol. The van der Waals surface area contributed by atoms with Gasteiger partial charge >= 0.3 is 0 Å². The fourth-order valence-corrected chi connectivity index (χ4v) is 1.71. The van der Waals surface area contributed by atoms with Gasteiger partial charge in [-0.1, -0.05) is 6.92 Å². The number of likely N-dealkylation sites (N-methyl/N-ethyl adjacent to an activating group) is 1. The Kier molecular flexibility index (Phi) is 5.54. The smallest absolute Gasteiger partial charge is 0.241 e. The summed E-state index contributed by atoms with van der Waals surface area (Å²) in [6, 6.07) is 0. The van der Waals surface area contributed by atoms with Crippen LogP contribution < -0.4 is 10.2 Å². The maximum atomic E-state index is 11.9. The molecular weight excluding hydrogens is 242 g/mol. The molecule has 0 aliphatic carbocycles. The first-order valence-electron chi connectivity index (χ1n) is 6.46. The van der Waals surface area contributed by atoms with E-state index >= 15 is 0 Å². The summed E-state index contributed by atoms with van der Waals surface area (Å²) in [7, 11) is 5.31. The second-order valence-electron chi connectivity index (χ2n) is 4.66. The topological polar surface area (TPSA) is 61.4 Å². The standard InChI is InChI=1S/C13H23N5O/c1-6-7-18(9-11(19)17(4)5)12-10(2)8-15-13(14-3)16-12/h8H,6-7,9H2,1-5H3,(H,14,15,16). The third kappa shape index (κ3) is 4.08. The van der Waals surface area contributed by atoms with Crippen molar-refractivity contribution in [1.29, 1.82) is 0 Å². The molecule has 1 aromatic rings. The highest BCUT2D eigenvalue weighted by Crippen LogP contribution is 2.18. The van der Waals surface area contributed by atoms with Crippen molar-refractivity contribution in [3.63, 3.8) is 0 Å². The Labute approximate surface area is 114 Å². The average Bonchev–Trinajstić information content (AvgIpc) is 2.38. The number of nitrogens with one attached hydrogen (secondary N) is 1. The van der Waals surface area contributed by atoms with Gasteiger partial charge in [0.05, 0.1) is 6.54 Å². The van der Waals surface area contributed by atoms with Gasteiger partial charge in [-0.25, -0.2) is 4.98 Å². The number of rotatable bonds is 6. The number of carbonyl (C=O) groups is 1. The third-order valence-corrected chi connectivity index (χ3v) is 2.79. The van der Waals surface area contributed by atoms with Crippen LogP contribution in [0.25, 0.3) is 0 Å². The Hall–Kier alpha value is -1.85. The van der Waals surface area contributed by atoms with Gasteiger partial charge in [0.15, 0.2) is 0 Å². The zero-order chi connectivity index (χ0) is 14.4. The summed E-state index contributed by atoms with van der Waals surface area (Å²) >= 11 is 0. The molecule has 6 nitrogen and oxygen atoms in total. The summed E-state index contributed by atoms with van der Waals surface area (Å²) in [5.74, 6) is 1.45. The lowest BCUT2D eigenvalue weighted by Gasteiger charge is -2.25. The summed E-state index contributed by atoms with van der Waals surface area (Å²) in [4.78, 5) is 24.1. The lowest BCUT2D eigenvalue weighted by atomic mass is 10.3. The summed E-state index contributed by atoms with van der Waals surface area (Å²) in [5, 5.41) is 2.92. The molecule has 106 valence electrons. The Morgan fingerprint density at radius 1 is 1.42 bits per heavy atom. The molecule has 1 aromatic heterocycles. The highest BCUT2D eigenvalue weighted by molar-refractivity contribution is 5.81. The molecule has 0 saturated heterocycles. The number of nitrogens with zero attached hydrogens (tertiary/aromatic N) is 4. The van der Waals surface area contributed by atoms with Gasteiger partial charge in [-0.2, -0.15) is 4.98 Å². The third-order valence-electron chi connectivity index (χ3n) is 2.79. The van der Waals surface area contributed by atoms with E-state index in [1.54, 1.807) is 32.2 Å². The molecule has 0 aromatic carbocycles. The Morgan fingerprint density at radius 2 is 2.11 bits per heavy atom. The molecule has 1 amide bonds. The minimum atomic E-state index is 0.0671. The largest absolute Gasteiger partial charge is 0.357 e. The summed E-state index contributed by atoms with van der Waals surface area (Å²) in [6.07, 6.45) is 2.73. The number of aryl methyl sites for hydroxylation is 1. The molecule has 0 saturated carbocycles. The SMILES string of the molecule is CCCN(CC(=O)N(C)C)c1nc(NC)ncc1C. The molecule has 0 spiro atoms. The molecule has 0 atom stereocenters. The predicted octanol–water partition coefficient (Wildman–Crippen LogP) is 1.13. The maximum absolute atomic E-state index is 11.9. The van der Waals surface area contributed by atoms with Crippen molar-refractivity contribution in [2.24, 2.45) is 0 Å². The van der Waals surface area contributed by atoms with E-state index in [2.05, 4.69) is 22.2 Å². The number of carbonyl (C=O) groups excluding carboxylic acids is 1. The van der Waals surface area contributed by atoms with Gasteiger partial charge in [-0.05, 0) is 13.3 Å². The minimum Gasteiger partial charge on any atom is -0.357 e. The van der Waals surface area contributed by atoms with Crippen molar-refractivity contribution in [3.05, 3.63) is 11.8 Å². The molecular formula is C13H23N5O. The minimum absolute atomic E-state index is 0.0671. The van der Waals surface area contributed by atoms with Gasteiger partial charge in [0.2, 0.25) is 11.9 Å². The number of hydrogen-bond donors (Lipinski definition) is 1. The van der Waals surface area contributed by atoms with Crippen LogP contribution >= 0.6 is 0 Å². The Bertz CT molecular complexity index is 433. The van der Waals surface area contributed by atoms with Crippen LogP contribution in [0, 0.1) is 6.92 Å². The maximum Gasteiger partial charge on any atom is 0.241 e. The van der Waals surface area contributed by atoms with Crippen molar-refractivity contribution in [1.82, 2.24) is 14.9 Å². The molecule has 0 aliphatic heterocycles. The summed E-state index contributed by atoms with van der Waals surface area (Å²) in [5.41, 5.74) is 0.971. The Morgan fingerprint density at radius 3 is 2.63 bits per heavy atom. The van der Waals surface area contributed by atoms with Crippen LogP contribution in [0.4, 0.5) is 11.8 Å². The number of hydrogen-bond acceptors (Lipinski definition) is 5. The van der Waals surface area contributed by atoms with E-state index in [0.717, 1.165) is 24.3 Å². The first kappa shape index (κ1) is 15.2. The van der Waals surface area contributed by atoms with Gasteiger partial charge in [-0.3, -0.25) is 4.79 Å². The average molecular weight is 265 g/mol. The van der Waals surface area contributed by atoms with Crippen LogP contribution in [-0.2, 0) is 4.79 Å². The van der Waals surface area contributed by atoms with Gasteiger partial charge in [0.25, 0.3) is 0 Å². The summed E-state index contributed by atoms with van der Waals surface area (Å²) < 4.78 is 0. The number of aromatic nitrogens is 2. The first-order chi connectivity index (χ1) is 8.99. The molecule has 0 radical (unpaired) electrons. The zero-order valence-electron chi connectivity index (χ0n) is 12.4. The van der Waals surface area contributed by atoms with E-state index in [-0.39, 0.29) is 5.91 Å². The van der Waals surface area contributed by atoms with Crippen molar-refractivity contribution in [2.75, 3.05) is 44.4 Å². The fraction of sp³-hybridized carbons (Fsp3) is 0.615. The second kappa shape index (κ2) is 6.92. The lowest BCUT2D eigenvalue weighted by Crippen LogP contribution is -2.38. The van der Waals surface area contributed by atoms with E-state index < -0.39 is 0 Å². The van der Waals surface area contributed by atoms with Crippen LogP contribution in [0.1, 0.15) is 18.9 Å². The first-order valence-corrected chi connectivity index (χ1v) is 6.46. The molecule has 19 heavy (non-hydrogen) atoms. The molecule has 1 heterocycles. The van der Waals surface area contributed by atoms with Crippen molar-refractivity contribution in [2.45, 2.75) is 20.3 Å². The molecule has 0 bridgehead atoms. The van der Waals surface area contributed by atoms with E-state index in [4.69, 9.17) is 0 Å². The number of amides is 1. The predicted molar refractivity (Wildman–Crippen MR) is 77.5 cm³/mol. The quantitative estimate of drug-likeness (QED) is 0.835. The zero-order valence-corrected chi connectivity index (χ0v) is 12.4. The lowest BCUT2D eigenvalue weighted by molar-refractivity contribution is -0.127. The molecule has 1 rings (SSSR count). The molecule has 0 unspecified atom stereocenters. The van der Waals surface area contributed by atoms with Crippen molar-refractivity contribution < 1.29 is 4.79 Å². The molecule has 1 N–H and O–H groups in total. The van der Waals surface area contributed by atoms with E-state index in [9.17, 15) is 4.79 Å². The number of anilines is 2. The second-order valence-corrected chi connectivity index (χ2v) is 4.66. The highest BCUT2D eigenvalue weighted by Gasteiger charge is 2.16. The van der Waals surface area contributed by atoms with Gasteiger partial charge < -0.3 is 15.1 Å². The van der Waals surface area contributed by atoms with Crippen LogP contribution in [0.2, 0.25) is 0 Å². The van der Waals surface area contributed by atoms with Crippen LogP contribution in [0.5, 0.6) is 0 Å². The van der Waals surface area contributed by atoms with E-state index in [1.807, 2.05) is 11.8 Å². The van der Waals surface area contributed by atoms with Gasteiger partial charge in [-0.15, -0.1) is 0 Å². The fourth-order valence-electron chi connectivity index (χ4n) is 1.71. The highest BCUT2D eigenvalue weighted by atomic mass is 16.2.